The van der Waals surface area contributed by atoms with Crippen LogP contribution < -0.4 is 9.64 Å². The van der Waals surface area contributed by atoms with Gasteiger partial charge in [-0.05, 0) is 25.0 Å². The first-order valence-corrected chi connectivity index (χ1v) is 8.76. The summed E-state index contributed by atoms with van der Waals surface area (Å²) in [7, 11) is 3.33. The third-order valence-electron chi connectivity index (χ3n) is 4.87. The highest BCUT2D eigenvalue weighted by atomic mass is 19.1. The van der Waals surface area contributed by atoms with Gasteiger partial charge in [-0.3, -0.25) is 15.8 Å². The minimum absolute atomic E-state index is 0.127. The Labute approximate surface area is 157 Å². The molecule has 0 spiro atoms. The van der Waals surface area contributed by atoms with Crippen LogP contribution in [0.2, 0.25) is 0 Å². The van der Waals surface area contributed by atoms with Crippen molar-refractivity contribution in [3.05, 3.63) is 36.5 Å². The number of pyridine rings is 2. The fourth-order valence-electron chi connectivity index (χ4n) is 3.28. The van der Waals surface area contributed by atoms with Crippen molar-refractivity contribution in [2.75, 3.05) is 32.1 Å². The number of anilines is 1. The quantitative estimate of drug-likeness (QED) is 0.480. The molecule has 3 rings (SSSR count). The average molecular weight is 370 g/mol. The molecule has 2 N–H and O–H groups in total. The molecule has 1 aliphatic rings. The van der Waals surface area contributed by atoms with Gasteiger partial charge in [-0.15, -0.1) is 0 Å². The maximum atomic E-state index is 13.2. The molecule has 0 atom stereocenters. The summed E-state index contributed by atoms with van der Waals surface area (Å²) in [4.78, 5) is 12.0. The van der Waals surface area contributed by atoms with Crippen LogP contribution in [0.4, 0.5) is 10.1 Å². The Morgan fingerprint density at radius 1 is 1.30 bits per heavy atom. The Morgan fingerprint density at radius 3 is 2.63 bits per heavy atom. The van der Waals surface area contributed by atoms with E-state index in [1.54, 1.807) is 31.3 Å². The monoisotopic (exact) mass is 370 g/mol. The molecule has 0 bridgehead atoms. The molecule has 8 heteroatoms. The Kier molecular flexibility index (Phi) is 5.63. The molecule has 2 aromatic rings. The van der Waals surface area contributed by atoms with Gasteiger partial charge in [0, 0.05) is 43.9 Å². The second kappa shape index (κ2) is 8.11. The number of ether oxygens (including phenoxy) is 1. The number of aromatic nitrogens is 2. The van der Waals surface area contributed by atoms with E-state index in [1.807, 2.05) is 6.07 Å². The van der Waals surface area contributed by atoms with E-state index >= 15 is 0 Å². The predicted octanol–water partition coefficient (Wildman–Crippen LogP) is 3.02. The van der Waals surface area contributed by atoms with Gasteiger partial charge in [-0.2, -0.15) is 4.39 Å². The normalized spacial score (nSPS) is 14.7. The molecule has 0 aromatic carbocycles. The molecular weight excluding hydrogens is 347 g/mol. The van der Waals surface area contributed by atoms with E-state index in [2.05, 4.69) is 14.9 Å². The first-order chi connectivity index (χ1) is 13.0. The van der Waals surface area contributed by atoms with Crippen LogP contribution in [0.5, 0.6) is 5.75 Å². The summed E-state index contributed by atoms with van der Waals surface area (Å²) in [6.07, 6.45) is 5.92. The van der Waals surface area contributed by atoms with Crippen LogP contribution in [0.3, 0.4) is 0 Å². The van der Waals surface area contributed by atoms with Crippen LogP contribution >= 0.6 is 0 Å². The summed E-state index contributed by atoms with van der Waals surface area (Å²) in [5, 5.41) is 15.5. The highest BCUT2D eigenvalue weighted by molar-refractivity contribution is 5.90. The minimum Gasteiger partial charge on any atom is -0.495 e. The summed E-state index contributed by atoms with van der Waals surface area (Å²) in [5.41, 5.74) is 2.38. The lowest BCUT2D eigenvalue weighted by Crippen LogP contribution is -2.40. The van der Waals surface area contributed by atoms with Crippen molar-refractivity contribution in [1.82, 2.24) is 14.9 Å². The lowest BCUT2D eigenvalue weighted by atomic mass is 9.94. The van der Waals surface area contributed by atoms with Crippen molar-refractivity contribution in [3.8, 4) is 17.0 Å². The van der Waals surface area contributed by atoms with Gasteiger partial charge in [0.25, 0.3) is 0 Å². The van der Waals surface area contributed by atoms with Gasteiger partial charge in [-0.25, -0.2) is 4.98 Å². The van der Waals surface area contributed by atoms with Gasteiger partial charge in [-0.1, -0.05) is 0 Å². The highest BCUT2D eigenvalue weighted by Crippen LogP contribution is 2.34. The number of piperidine rings is 1. The van der Waals surface area contributed by atoms with Gasteiger partial charge >= 0.3 is 0 Å². The number of hydrogen-bond acceptors (Lipinski definition) is 6. The fourth-order valence-corrected chi connectivity index (χ4v) is 3.28. The zero-order chi connectivity index (χ0) is 19.4. The van der Waals surface area contributed by atoms with E-state index in [9.17, 15) is 4.39 Å². The van der Waals surface area contributed by atoms with E-state index in [1.165, 1.54) is 18.6 Å². The summed E-state index contributed by atoms with van der Waals surface area (Å²) in [5.74, 6) is 0.726. The molecular formula is C19H23FN6O. The molecule has 1 fully saturated rings. The van der Waals surface area contributed by atoms with Crippen molar-refractivity contribution in [1.29, 1.82) is 10.8 Å². The maximum absolute atomic E-state index is 13.2. The minimum atomic E-state index is -0.525. The molecule has 2 aromatic heterocycles. The Morgan fingerprint density at radius 2 is 2.04 bits per heavy atom. The fraction of sp³-hybridized carbons (Fsp3) is 0.368. The first kappa shape index (κ1) is 18.8. The SMILES string of the molecule is COc1cnc(-c2ccc(F)nc2)c(N2CCC(C(=N)N(C)C=N)CC2)c1. The van der Waals surface area contributed by atoms with Crippen LogP contribution in [0.25, 0.3) is 11.3 Å². The van der Waals surface area contributed by atoms with Gasteiger partial charge in [0.15, 0.2) is 0 Å². The number of methoxy groups -OCH3 is 1. The highest BCUT2D eigenvalue weighted by Gasteiger charge is 2.26. The maximum Gasteiger partial charge on any atom is 0.212 e. The van der Waals surface area contributed by atoms with Gasteiger partial charge in [0.2, 0.25) is 5.95 Å². The van der Waals surface area contributed by atoms with Crippen LogP contribution in [0.1, 0.15) is 12.8 Å². The summed E-state index contributed by atoms with van der Waals surface area (Å²) in [6, 6.07) is 4.93. The number of nitrogens with one attached hydrogen (secondary N) is 2. The standard InChI is InChI=1S/C19H23FN6O/c1-25(12-21)19(22)13-5-7-26(8-6-13)16-9-15(27-2)11-24-18(16)14-3-4-17(20)23-10-14/h3-4,9-13,21-22H,5-8H2,1-2H3. The number of amidine groups is 1. The molecule has 0 radical (unpaired) electrons. The molecule has 0 unspecified atom stereocenters. The zero-order valence-corrected chi connectivity index (χ0v) is 15.4. The van der Waals surface area contributed by atoms with E-state index in [4.69, 9.17) is 15.6 Å². The van der Waals surface area contributed by atoms with E-state index in [0.717, 1.165) is 42.9 Å². The van der Waals surface area contributed by atoms with Crippen molar-refractivity contribution >= 4 is 17.9 Å². The zero-order valence-electron chi connectivity index (χ0n) is 15.4. The van der Waals surface area contributed by atoms with Gasteiger partial charge < -0.3 is 14.5 Å². The second-order valence-electron chi connectivity index (χ2n) is 6.50. The molecule has 0 amide bonds. The van der Waals surface area contributed by atoms with Crippen LogP contribution in [-0.2, 0) is 0 Å². The lowest BCUT2D eigenvalue weighted by Gasteiger charge is -2.35. The van der Waals surface area contributed by atoms with E-state index in [0.29, 0.717) is 11.6 Å². The predicted molar refractivity (Wildman–Crippen MR) is 103 cm³/mol. The number of rotatable bonds is 5. The topological polar surface area (TPSA) is 89.2 Å². The smallest absolute Gasteiger partial charge is 0.212 e. The molecule has 27 heavy (non-hydrogen) atoms. The van der Waals surface area contributed by atoms with Crippen molar-refractivity contribution in [2.24, 2.45) is 5.92 Å². The first-order valence-electron chi connectivity index (χ1n) is 8.76. The molecule has 0 saturated carbocycles. The third-order valence-corrected chi connectivity index (χ3v) is 4.87. The Hall–Kier alpha value is -3.03. The summed E-state index contributed by atoms with van der Waals surface area (Å²) >= 11 is 0. The largest absolute Gasteiger partial charge is 0.495 e. The summed E-state index contributed by atoms with van der Waals surface area (Å²) in [6.45, 7) is 1.52. The molecule has 142 valence electrons. The van der Waals surface area contributed by atoms with Gasteiger partial charge in [0.05, 0.1) is 31.0 Å². The number of nitrogens with zero attached hydrogens (tertiary/aromatic N) is 4. The average Bonchev–Trinajstić information content (AvgIpc) is 2.73. The van der Waals surface area contributed by atoms with Crippen LogP contribution in [0, 0.1) is 22.7 Å². The van der Waals surface area contributed by atoms with E-state index < -0.39 is 5.95 Å². The lowest BCUT2D eigenvalue weighted by molar-refractivity contribution is 0.412. The van der Waals surface area contributed by atoms with Crippen LogP contribution in [0.15, 0.2) is 30.6 Å². The Balaban J connectivity index is 1.85. The van der Waals surface area contributed by atoms with Crippen LogP contribution in [-0.4, -0.2) is 54.3 Å². The molecule has 7 nitrogen and oxygen atoms in total. The third kappa shape index (κ3) is 4.05. The summed E-state index contributed by atoms with van der Waals surface area (Å²) < 4.78 is 18.5. The molecule has 0 aliphatic carbocycles. The number of hydrogen-bond donors (Lipinski definition) is 2. The van der Waals surface area contributed by atoms with Crippen molar-refractivity contribution in [3.63, 3.8) is 0 Å². The van der Waals surface area contributed by atoms with Gasteiger partial charge in [0.1, 0.15) is 11.6 Å². The molecule has 1 saturated heterocycles. The Bertz CT molecular complexity index is 817. The van der Waals surface area contributed by atoms with E-state index in [-0.39, 0.29) is 5.92 Å². The van der Waals surface area contributed by atoms with Crippen molar-refractivity contribution < 1.29 is 9.13 Å². The molecule has 1 aliphatic heterocycles. The second-order valence-corrected chi connectivity index (χ2v) is 6.50. The number of halogens is 1. The van der Waals surface area contributed by atoms with Crippen molar-refractivity contribution in [2.45, 2.75) is 12.8 Å². The molecule has 3 heterocycles.